The van der Waals surface area contributed by atoms with Gasteiger partial charge in [0.2, 0.25) is 5.91 Å². The third-order valence-corrected chi connectivity index (χ3v) is 5.38. The lowest BCUT2D eigenvalue weighted by molar-refractivity contribution is -0.124. The topological polar surface area (TPSA) is 61.4 Å². The van der Waals surface area contributed by atoms with Crippen LogP contribution in [0.3, 0.4) is 0 Å². The average molecular weight is 420 g/mol. The summed E-state index contributed by atoms with van der Waals surface area (Å²) in [6.45, 7) is 2.98. The summed E-state index contributed by atoms with van der Waals surface area (Å²) in [4.78, 5) is 26.8. The molecular weight excluding hydrogens is 397 g/mol. The minimum absolute atomic E-state index is 0.137. The number of anilines is 1. The highest BCUT2D eigenvalue weighted by atomic mass is 35.5. The van der Waals surface area contributed by atoms with Crippen LogP contribution in [0.25, 0.3) is 0 Å². The molecule has 1 saturated heterocycles. The summed E-state index contributed by atoms with van der Waals surface area (Å²) in [6, 6.07) is 12.2. The van der Waals surface area contributed by atoms with Crippen LogP contribution in [0.1, 0.15) is 24.0 Å². The summed E-state index contributed by atoms with van der Waals surface area (Å²) in [6.07, 6.45) is 2.07. The molecule has 0 saturated carbocycles. The fraction of sp³-hybridized carbons (Fsp3) is 0.333. The molecule has 28 heavy (non-hydrogen) atoms. The highest BCUT2D eigenvalue weighted by Crippen LogP contribution is 2.22. The van der Waals surface area contributed by atoms with Crippen LogP contribution in [-0.4, -0.2) is 36.0 Å². The van der Waals surface area contributed by atoms with Crippen LogP contribution in [0.15, 0.2) is 42.5 Å². The van der Waals surface area contributed by atoms with Crippen LogP contribution in [-0.2, 0) is 11.2 Å². The number of likely N-dealkylation sites (tertiary alicyclic amines) is 1. The lowest BCUT2D eigenvalue weighted by Crippen LogP contribution is -2.47. The number of benzene rings is 2. The maximum atomic E-state index is 12.6. The van der Waals surface area contributed by atoms with Crippen molar-refractivity contribution in [2.24, 2.45) is 0 Å². The molecule has 1 aliphatic rings. The fourth-order valence-corrected chi connectivity index (χ4v) is 3.87. The van der Waals surface area contributed by atoms with Gasteiger partial charge >= 0.3 is 6.03 Å². The van der Waals surface area contributed by atoms with Crippen LogP contribution in [0.5, 0.6) is 0 Å². The van der Waals surface area contributed by atoms with Crippen LogP contribution in [0.4, 0.5) is 10.5 Å². The van der Waals surface area contributed by atoms with Gasteiger partial charge in [0.05, 0.1) is 0 Å². The molecule has 5 nitrogen and oxygen atoms in total. The molecule has 148 valence electrons. The zero-order chi connectivity index (χ0) is 20.1. The largest absolute Gasteiger partial charge is 0.354 e. The van der Waals surface area contributed by atoms with E-state index in [0.717, 1.165) is 23.2 Å². The molecule has 1 heterocycles. The van der Waals surface area contributed by atoms with E-state index in [0.29, 0.717) is 36.0 Å². The highest BCUT2D eigenvalue weighted by molar-refractivity contribution is 6.35. The highest BCUT2D eigenvalue weighted by Gasteiger charge is 2.34. The predicted octanol–water partition coefficient (Wildman–Crippen LogP) is 4.66. The molecule has 2 N–H and O–H groups in total. The lowest BCUT2D eigenvalue weighted by atomic mass is 10.1. The van der Waals surface area contributed by atoms with Gasteiger partial charge in [0.15, 0.2) is 0 Å². The predicted molar refractivity (Wildman–Crippen MR) is 113 cm³/mol. The second kappa shape index (κ2) is 9.30. The van der Waals surface area contributed by atoms with Gasteiger partial charge < -0.3 is 15.5 Å². The number of aryl methyl sites for hydroxylation is 1. The van der Waals surface area contributed by atoms with Crippen molar-refractivity contribution in [3.05, 3.63) is 63.6 Å². The van der Waals surface area contributed by atoms with Gasteiger partial charge in [-0.1, -0.05) is 41.4 Å². The number of nitrogens with one attached hydrogen (secondary N) is 2. The summed E-state index contributed by atoms with van der Waals surface area (Å²) in [7, 11) is 0. The second-order valence-corrected chi connectivity index (χ2v) is 7.77. The third-order valence-electron chi connectivity index (χ3n) is 4.79. The van der Waals surface area contributed by atoms with Gasteiger partial charge in [-0.15, -0.1) is 0 Å². The van der Waals surface area contributed by atoms with E-state index >= 15 is 0 Å². The average Bonchev–Trinajstić information content (AvgIpc) is 3.13. The molecule has 0 bridgehead atoms. The smallest absolute Gasteiger partial charge is 0.322 e. The number of nitrogens with zero attached hydrogens (tertiary/aromatic N) is 1. The van der Waals surface area contributed by atoms with Gasteiger partial charge in [0, 0.05) is 28.8 Å². The molecule has 0 aromatic heterocycles. The van der Waals surface area contributed by atoms with Crippen LogP contribution in [0.2, 0.25) is 10.0 Å². The van der Waals surface area contributed by atoms with E-state index in [1.54, 1.807) is 17.0 Å². The summed E-state index contributed by atoms with van der Waals surface area (Å²) >= 11 is 12.1. The molecule has 1 fully saturated rings. The molecule has 0 radical (unpaired) electrons. The van der Waals surface area contributed by atoms with E-state index in [1.165, 1.54) is 0 Å². The number of amides is 3. The summed E-state index contributed by atoms with van der Waals surface area (Å²) in [5.41, 5.74) is 2.72. The Kier molecular flexibility index (Phi) is 6.81. The fourth-order valence-electron chi connectivity index (χ4n) is 3.36. The Morgan fingerprint density at radius 2 is 2.00 bits per heavy atom. The van der Waals surface area contributed by atoms with E-state index in [9.17, 15) is 9.59 Å². The molecule has 1 unspecified atom stereocenters. The summed E-state index contributed by atoms with van der Waals surface area (Å²) < 4.78 is 0. The van der Waals surface area contributed by atoms with Crippen molar-refractivity contribution in [2.45, 2.75) is 32.2 Å². The summed E-state index contributed by atoms with van der Waals surface area (Å²) in [5.74, 6) is -0.137. The van der Waals surface area contributed by atoms with Gasteiger partial charge in [-0.3, -0.25) is 4.79 Å². The maximum absolute atomic E-state index is 12.6. The molecule has 3 amide bonds. The van der Waals surface area contributed by atoms with Gasteiger partial charge in [0.1, 0.15) is 6.04 Å². The quantitative estimate of drug-likeness (QED) is 0.740. The van der Waals surface area contributed by atoms with E-state index in [1.807, 2.05) is 37.3 Å². The summed E-state index contributed by atoms with van der Waals surface area (Å²) in [5, 5.41) is 6.97. The van der Waals surface area contributed by atoms with E-state index < -0.39 is 6.04 Å². The number of rotatable bonds is 5. The molecule has 0 spiro atoms. The first kappa shape index (κ1) is 20.5. The number of carbonyl (C=O) groups excluding carboxylic acids is 2. The molecule has 1 aliphatic heterocycles. The van der Waals surface area contributed by atoms with Crippen LogP contribution in [0, 0.1) is 6.92 Å². The molecule has 0 aliphatic carbocycles. The number of halogens is 2. The van der Waals surface area contributed by atoms with Crippen molar-refractivity contribution in [1.82, 2.24) is 10.2 Å². The number of carbonyl (C=O) groups is 2. The van der Waals surface area contributed by atoms with Crippen molar-refractivity contribution in [3.8, 4) is 0 Å². The number of hydrogen-bond acceptors (Lipinski definition) is 2. The SMILES string of the molecule is Cc1cccc(NC(=O)N2CCCC2C(=O)NCCc2ccc(Cl)cc2Cl)c1. The van der Waals surface area contributed by atoms with E-state index in [2.05, 4.69) is 10.6 Å². The Balaban J connectivity index is 1.54. The third kappa shape index (κ3) is 5.18. The van der Waals surface area contributed by atoms with Crippen molar-refractivity contribution in [2.75, 3.05) is 18.4 Å². The Morgan fingerprint density at radius 1 is 1.18 bits per heavy atom. The van der Waals surface area contributed by atoms with Gasteiger partial charge in [-0.25, -0.2) is 4.79 Å². The molecule has 1 atom stereocenters. The monoisotopic (exact) mass is 419 g/mol. The first-order valence-corrected chi connectivity index (χ1v) is 10.1. The van der Waals surface area contributed by atoms with Gasteiger partial charge in [0.25, 0.3) is 0 Å². The van der Waals surface area contributed by atoms with Crippen molar-refractivity contribution in [3.63, 3.8) is 0 Å². The Morgan fingerprint density at radius 3 is 2.75 bits per heavy atom. The molecule has 3 rings (SSSR count). The minimum atomic E-state index is -0.453. The molecule has 2 aromatic carbocycles. The molecular formula is C21H23Cl2N3O2. The normalized spacial score (nSPS) is 16.1. The van der Waals surface area contributed by atoms with Crippen LogP contribution >= 0.6 is 23.2 Å². The van der Waals surface area contributed by atoms with E-state index in [4.69, 9.17) is 23.2 Å². The van der Waals surface area contributed by atoms with Gasteiger partial charge in [-0.05, 0) is 61.6 Å². The zero-order valence-electron chi connectivity index (χ0n) is 15.7. The number of hydrogen-bond donors (Lipinski definition) is 2. The first-order chi connectivity index (χ1) is 13.4. The standard InChI is InChI=1S/C21H23Cl2N3O2/c1-14-4-2-5-17(12-14)25-21(28)26-11-3-6-19(26)20(27)24-10-9-15-7-8-16(22)13-18(15)23/h2,4-5,7-8,12-13,19H,3,6,9-11H2,1H3,(H,24,27)(H,25,28). The van der Waals surface area contributed by atoms with E-state index in [-0.39, 0.29) is 11.9 Å². The van der Waals surface area contributed by atoms with Crippen LogP contribution < -0.4 is 10.6 Å². The minimum Gasteiger partial charge on any atom is -0.354 e. The van der Waals surface area contributed by atoms with Crippen molar-refractivity contribution in [1.29, 1.82) is 0 Å². The number of urea groups is 1. The lowest BCUT2D eigenvalue weighted by Gasteiger charge is -2.24. The molecule has 2 aromatic rings. The van der Waals surface area contributed by atoms with Crippen molar-refractivity contribution < 1.29 is 9.59 Å². The Bertz CT molecular complexity index is 872. The first-order valence-electron chi connectivity index (χ1n) is 9.30. The Hall–Kier alpha value is -2.24. The second-order valence-electron chi connectivity index (χ2n) is 6.93. The Labute approximate surface area is 175 Å². The maximum Gasteiger partial charge on any atom is 0.322 e. The van der Waals surface area contributed by atoms with Gasteiger partial charge in [-0.2, -0.15) is 0 Å². The molecule has 7 heteroatoms. The van der Waals surface area contributed by atoms with Crippen molar-refractivity contribution >= 4 is 40.8 Å². The zero-order valence-corrected chi connectivity index (χ0v) is 17.2.